The van der Waals surface area contributed by atoms with E-state index in [0.29, 0.717) is 34.3 Å². The summed E-state index contributed by atoms with van der Waals surface area (Å²) in [6.07, 6.45) is 1.25. The molecule has 2 N–H and O–H groups in total. The summed E-state index contributed by atoms with van der Waals surface area (Å²) in [5.41, 5.74) is -0.0513. The number of ether oxygens (including phenoxy) is 1. The summed E-state index contributed by atoms with van der Waals surface area (Å²) < 4.78 is 6.32. The molecule has 278 valence electrons. The Morgan fingerprint density at radius 3 is 2.33 bits per heavy atom. The maximum absolute atomic E-state index is 13.4. The predicted molar refractivity (Wildman–Crippen MR) is 191 cm³/mol. The van der Waals surface area contributed by atoms with Crippen LogP contribution >= 0.6 is 11.6 Å². The maximum Gasteiger partial charge on any atom is 0.274 e. The molecule has 1 atom stereocenters. The van der Waals surface area contributed by atoms with Gasteiger partial charge in [-0.05, 0) is 48.9 Å². The zero-order valence-corrected chi connectivity index (χ0v) is 30.6. The van der Waals surface area contributed by atoms with Crippen LogP contribution in [0.2, 0.25) is 5.02 Å². The molecule has 54 heavy (non-hydrogen) atoms. The number of piperazine rings is 1. The Morgan fingerprint density at radius 2 is 1.69 bits per heavy atom. The van der Waals surface area contributed by atoms with E-state index in [4.69, 9.17) is 21.2 Å². The number of piperidine rings is 1. The van der Waals surface area contributed by atoms with Crippen LogP contribution in [-0.4, -0.2) is 88.2 Å². The lowest BCUT2D eigenvalue weighted by atomic mass is 9.49. The number of pyridine rings is 1. The zero-order valence-electron chi connectivity index (χ0n) is 29.8. The molecule has 4 heterocycles. The Kier molecular flexibility index (Phi) is 9.05. The Bertz CT molecular complexity index is 2150. The maximum atomic E-state index is 13.4. The van der Waals surface area contributed by atoms with Gasteiger partial charge in [-0.3, -0.25) is 39.0 Å². The number of amides is 6. The number of imide groups is 2. The third-order valence-electron chi connectivity index (χ3n) is 10.6. The van der Waals surface area contributed by atoms with Gasteiger partial charge in [-0.25, -0.2) is 4.98 Å². The molecular formula is C38H36ClN7O8. The van der Waals surface area contributed by atoms with Gasteiger partial charge in [-0.15, -0.1) is 0 Å². The molecule has 3 aliphatic heterocycles. The molecule has 0 bridgehead atoms. The first-order valence-corrected chi connectivity index (χ1v) is 17.7. The van der Waals surface area contributed by atoms with Crippen molar-refractivity contribution in [3.05, 3.63) is 82.0 Å². The molecule has 2 aromatic carbocycles. The molecule has 1 unspecified atom stereocenters. The summed E-state index contributed by atoms with van der Waals surface area (Å²) in [4.78, 5) is 89.5. The number of nitrogens with zero attached hydrogens (tertiary/aromatic N) is 5. The second-order valence-corrected chi connectivity index (χ2v) is 15.3. The number of carbonyl (C=O) groups excluding carboxylic acids is 6. The number of nitrogens with one attached hydrogen (secondary N) is 2. The molecule has 4 aliphatic rings. The standard InChI is InChI=1S/C38H36ClN7O8/c1-37(2)35(38(3,4)36(37)53-22-7-5-20(17-40)26(39)16-22)43-31(49)21-6-11-28(41-18-21)44-13-14-45(30(48)19-44)54-23-8-9-24-25(15-23)34(52)46(33(24)51)27-10-12-29(47)42-32(27)50/h5-9,11,15-16,18,27,35-36H,10,12-14,19H2,1-4H3,(H,43,49)(H,42,47,50)/t27?,35-,36-. The van der Waals surface area contributed by atoms with E-state index in [1.807, 2.05) is 33.8 Å². The summed E-state index contributed by atoms with van der Waals surface area (Å²) in [6.45, 7) is 8.50. The fraction of sp³-hybridized carbons (Fsp3) is 0.368. The van der Waals surface area contributed by atoms with Crippen LogP contribution in [-0.2, 0) is 14.4 Å². The minimum absolute atomic E-state index is 0.00970. The van der Waals surface area contributed by atoms with Crippen molar-refractivity contribution in [2.45, 2.75) is 58.7 Å². The average molecular weight is 754 g/mol. The van der Waals surface area contributed by atoms with Gasteiger partial charge < -0.3 is 19.8 Å². The molecule has 1 aliphatic carbocycles. The van der Waals surface area contributed by atoms with Crippen LogP contribution in [0.1, 0.15) is 77.2 Å². The topological polar surface area (TPSA) is 191 Å². The molecule has 2 saturated heterocycles. The number of halogens is 1. The van der Waals surface area contributed by atoms with Crippen LogP contribution < -0.4 is 25.1 Å². The number of hydrogen-bond acceptors (Lipinski definition) is 11. The normalized spacial score (nSPS) is 22.9. The quantitative estimate of drug-likeness (QED) is 0.321. The lowest BCUT2D eigenvalue weighted by molar-refractivity contribution is -0.164. The molecule has 3 fully saturated rings. The average Bonchev–Trinajstić information content (AvgIpc) is 3.38. The highest BCUT2D eigenvalue weighted by molar-refractivity contribution is 6.31. The van der Waals surface area contributed by atoms with E-state index in [9.17, 15) is 34.0 Å². The van der Waals surface area contributed by atoms with Gasteiger partial charge in [0.25, 0.3) is 23.6 Å². The summed E-state index contributed by atoms with van der Waals surface area (Å²) in [6, 6.07) is 13.2. The van der Waals surface area contributed by atoms with Crippen LogP contribution in [0.3, 0.4) is 0 Å². The number of carbonyl (C=O) groups is 6. The van der Waals surface area contributed by atoms with Gasteiger partial charge in [0.15, 0.2) is 5.75 Å². The smallest absolute Gasteiger partial charge is 0.274 e. The van der Waals surface area contributed by atoms with Gasteiger partial charge in [-0.1, -0.05) is 39.3 Å². The number of fused-ring (bicyclic) bond motifs is 1. The van der Waals surface area contributed by atoms with E-state index in [0.717, 1.165) is 9.96 Å². The van der Waals surface area contributed by atoms with Gasteiger partial charge >= 0.3 is 0 Å². The van der Waals surface area contributed by atoms with Gasteiger partial charge in [0, 0.05) is 42.1 Å². The number of hydroxylamine groups is 2. The van der Waals surface area contributed by atoms with Gasteiger partial charge in [0.05, 0.1) is 33.8 Å². The second-order valence-electron chi connectivity index (χ2n) is 14.9. The molecule has 0 radical (unpaired) electrons. The van der Waals surface area contributed by atoms with E-state index < -0.39 is 40.5 Å². The van der Waals surface area contributed by atoms with Crippen LogP contribution in [0.25, 0.3) is 0 Å². The number of aromatic nitrogens is 1. The fourth-order valence-corrected chi connectivity index (χ4v) is 8.31. The molecule has 0 spiro atoms. The third-order valence-corrected chi connectivity index (χ3v) is 10.9. The Labute approximate surface area is 315 Å². The van der Waals surface area contributed by atoms with Crippen molar-refractivity contribution in [1.29, 1.82) is 5.26 Å². The number of rotatable bonds is 8. The van der Waals surface area contributed by atoms with Gasteiger partial charge in [-0.2, -0.15) is 10.3 Å². The number of anilines is 1. The van der Waals surface area contributed by atoms with Crippen molar-refractivity contribution in [2.24, 2.45) is 10.8 Å². The van der Waals surface area contributed by atoms with Crippen molar-refractivity contribution in [3.63, 3.8) is 0 Å². The minimum atomic E-state index is -1.09. The molecule has 6 amide bonds. The summed E-state index contributed by atoms with van der Waals surface area (Å²) in [7, 11) is 0. The zero-order chi connectivity index (χ0) is 38.7. The number of benzene rings is 2. The third kappa shape index (κ3) is 6.26. The van der Waals surface area contributed by atoms with Crippen LogP contribution in [0.4, 0.5) is 5.82 Å². The molecule has 3 aromatic rings. The number of nitriles is 1. The highest BCUT2D eigenvalue weighted by atomic mass is 35.5. The van der Waals surface area contributed by atoms with Gasteiger partial charge in [0.2, 0.25) is 11.8 Å². The van der Waals surface area contributed by atoms with Crippen LogP contribution in [0, 0.1) is 22.2 Å². The Balaban J connectivity index is 0.940. The predicted octanol–water partition coefficient (Wildman–Crippen LogP) is 3.26. The highest BCUT2D eigenvalue weighted by Gasteiger charge is 2.64. The molecule has 15 nitrogen and oxygen atoms in total. The van der Waals surface area contributed by atoms with E-state index in [1.54, 1.807) is 35.2 Å². The van der Waals surface area contributed by atoms with Crippen molar-refractivity contribution in [3.8, 4) is 17.6 Å². The molecule has 7 rings (SSSR count). The highest BCUT2D eigenvalue weighted by Crippen LogP contribution is 2.55. The second kappa shape index (κ2) is 13.4. The Morgan fingerprint density at radius 1 is 0.963 bits per heavy atom. The van der Waals surface area contributed by atoms with Crippen molar-refractivity contribution in [2.75, 3.05) is 24.5 Å². The number of hydrogen-bond donors (Lipinski definition) is 2. The molecule has 16 heteroatoms. The van der Waals surface area contributed by atoms with E-state index >= 15 is 0 Å². The van der Waals surface area contributed by atoms with Crippen LogP contribution in [0.15, 0.2) is 54.7 Å². The summed E-state index contributed by atoms with van der Waals surface area (Å²) in [5.74, 6) is -1.98. The largest absolute Gasteiger partial charge is 0.489 e. The van der Waals surface area contributed by atoms with Crippen molar-refractivity contribution < 1.29 is 38.3 Å². The van der Waals surface area contributed by atoms with Crippen molar-refractivity contribution in [1.82, 2.24) is 25.6 Å². The Hall–Kier alpha value is -6.01. The van der Waals surface area contributed by atoms with E-state index in [1.165, 1.54) is 24.4 Å². The first kappa shape index (κ1) is 36.4. The first-order chi connectivity index (χ1) is 25.6. The lowest BCUT2D eigenvalue weighted by Crippen LogP contribution is -2.74. The fourth-order valence-electron chi connectivity index (χ4n) is 8.10. The first-order valence-electron chi connectivity index (χ1n) is 17.3. The SMILES string of the molecule is CC1(C)[C@H](NC(=O)c2ccc(N3CCN(Oc4ccc5c(c4)C(=O)N(C4CCC(=O)NC4=O)C5=O)C(=O)C3)nc2)C(C)(C)[C@H]1Oc1ccc(C#N)c(Cl)c1. The lowest BCUT2D eigenvalue weighted by Gasteiger charge is -2.63. The molecule has 1 aromatic heterocycles. The molecular weight excluding hydrogens is 718 g/mol. The monoisotopic (exact) mass is 753 g/mol. The summed E-state index contributed by atoms with van der Waals surface area (Å²) in [5, 5.41) is 16.0. The van der Waals surface area contributed by atoms with E-state index in [2.05, 4.69) is 15.6 Å². The molecule has 1 saturated carbocycles. The summed E-state index contributed by atoms with van der Waals surface area (Å²) >= 11 is 6.21. The van der Waals surface area contributed by atoms with Crippen molar-refractivity contribution >= 4 is 52.9 Å². The van der Waals surface area contributed by atoms with Gasteiger partial charge in [0.1, 0.15) is 36.3 Å². The minimum Gasteiger partial charge on any atom is -0.489 e. The van der Waals surface area contributed by atoms with Crippen LogP contribution in [0.5, 0.6) is 11.5 Å². The van der Waals surface area contributed by atoms with E-state index in [-0.39, 0.29) is 66.8 Å².